The fourth-order valence-electron chi connectivity index (χ4n) is 2.95. The van der Waals surface area contributed by atoms with Crippen LogP contribution in [0.1, 0.15) is 25.5 Å². The zero-order valence-corrected chi connectivity index (χ0v) is 14.2. The lowest BCUT2D eigenvalue weighted by Gasteiger charge is -1.90. The minimum atomic E-state index is 0.964. The van der Waals surface area contributed by atoms with Crippen LogP contribution in [0.4, 0.5) is 0 Å². The van der Waals surface area contributed by atoms with E-state index in [0.29, 0.717) is 0 Å². The first kappa shape index (κ1) is 15.4. The van der Waals surface area contributed by atoms with Crippen LogP contribution >= 0.6 is 0 Å². The maximum atomic E-state index is 4.73. The van der Waals surface area contributed by atoms with Crippen LogP contribution in [0.3, 0.4) is 0 Å². The number of H-pyrrole nitrogens is 2. The summed E-state index contributed by atoms with van der Waals surface area (Å²) < 4.78 is 0. The van der Waals surface area contributed by atoms with Crippen molar-refractivity contribution in [1.29, 1.82) is 0 Å². The molecule has 4 rings (SSSR count). The third-order valence-corrected chi connectivity index (χ3v) is 4.20. The number of rotatable bonds is 3. The number of allylic oxidation sites excluding steroid dienone is 5. The van der Waals surface area contributed by atoms with Gasteiger partial charge in [0.05, 0.1) is 11.4 Å². The highest BCUT2D eigenvalue weighted by Gasteiger charge is 2.10. The number of aromatic amines is 2. The average molecular weight is 328 g/mol. The molecule has 0 aliphatic carbocycles. The monoisotopic (exact) mass is 328 g/mol. The Hall–Kier alpha value is -3.14. The minimum absolute atomic E-state index is 0.964. The summed E-state index contributed by atoms with van der Waals surface area (Å²) in [6, 6.07) is 8.20. The molecule has 0 unspecified atom stereocenters. The highest BCUT2D eigenvalue weighted by atomic mass is 14.8. The van der Waals surface area contributed by atoms with Gasteiger partial charge in [0.2, 0.25) is 0 Å². The Kier molecular flexibility index (Phi) is 4.17. The summed E-state index contributed by atoms with van der Waals surface area (Å²) in [7, 11) is 0. The molecule has 2 aliphatic rings. The Morgan fingerprint density at radius 2 is 1.84 bits per heavy atom. The molecule has 0 radical (unpaired) electrons. The third kappa shape index (κ3) is 3.69. The van der Waals surface area contributed by atoms with Crippen molar-refractivity contribution in [3.8, 4) is 0 Å². The van der Waals surface area contributed by atoms with E-state index in [2.05, 4.69) is 45.3 Å². The second-order valence-corrected chi connectivity index (χ2v) is 6.11. The van der Waals surface area contributed by atoms with Gasteiger partial charge in [-0.25, -0.2) is 4.99 Å². The van der Waals surface area contributed by atoms with Crippen LogP contribution in [0.5, 0.6) is 0 Å². The molecule has 2 aromatic rings. The lowest BCUT2D eigenvalue weighted by atomic mass is 10.2. The molecule has 0 amide bonds. The Labute approximate surface area is 146 Å². The number of aromatic nitrogens is 2. The molecule has 25 heavy (non-hydrogen) atoms. The predicted molar refractivity (Wildman–Crippen MR) is 104 cm³/mol. The molecule has 0 fully saturated rings. The molecule has 2 aliphatic heterocycles. The van der Waals surface area contributed by atoms with E-state index in [9.17, 15) is 0 Å². The van der Waals surface area contributed by atoms with E-state index in [4.69, 9.17) is 4.99 Å². The molecule has 2 aromatic heterocycles. The van der Waals surface area contributed by atoms with Gasteiger partial charge in [-0.15, -0.1) is 0 Å². The SMILES string of the molecule is C/C=C1/C=CC(/C=C2/CCC(/C=c3/cc/c(=C/c4ccc[nH]4)[nH]3)=N2)=N1. The molecule has 0 bridgehead atoms. The van der Waals surface area contributed by atoms with Crippen molar-refractivity contribution < 1.29 is 0 Å². The molecule has 4 heteroatoms. The van der Waals surface area contributed by atoms with Crippen LogP contribution in [0, 0.1) is 0 Å². The second-order valence-electron chi connectivity index (χ2n) is 6.11. The average Bonchev–Trinajstić information content (AvgIpc) is 3.38. The number of nitrogens with one attached hydrogen (secondary N) is 2. The molecule has 0 saturated carbocycles. The van der Waals surface area contributed by atoms with E-state index in [1.165, 1.54) is 0 Å². The smallest absolute Gasteiger partial charge is 0.0655 e. The minimum Gasteiger partial charge on any atom is -0.362 e. The quantitative estimate of drug-likeness (QED) is 0.870. The maximum Gasteiger partial charge on any atom is 0.0655 e. The zero-order valence-electron chi connectivity index (χ0n) is 14.2. The molecule has 2 N–H and O–H groups in total. The van der Waals surface area contributed by atoms with Gasteiger partial charge in [-0.3, -0.25) is 4.99 Å². The van der Waals surface area contributed by atoms with E-state index in [0.717, 1.165) is 52.1 Å². The number of hydrogen-bond acceptors (Lipinski definition) is 2. The van der Waals surface area contributed by atoms with Gasteiger partial charge < -0.3 is 9.97 Å². The summed E-state index contributed by atoms with van der Waals surface area (Å²) in [6.07, 6.45) is 16.2. The van der Waals surface area contributed by atoms with Gasteiger partial charge in [0.25, 0.3) is 0 Å². The molecule has 0 atom stereocenters. The highest BCUT2D eigenvalue weighted by molar-refractivity contribution is 6.13. The predicted octanol–water partition coefficient (Wildman–Crippen LogP) is 2.99. The van der Waals surface area contributed by atoms with Crippen molar-refractivity contribution in [2.75, 3.05) is 0 Å². The normalized spacial score (nSPS) is 21.6. The van der Waals surface area contributed by atoms with E-state index in [1.54, 1.807) is 0 Å². The van der Waals surface area contributed by atoms with Gasteiger partial charge in [-0.2, -0.15) is 0 Å². The van der Waals surface area contributed by atoms with E-state index in [-0.39, 0.29) is 0 Å². The van der Waals surface area contributed by atoms with Gasteiger partial charge in [-0.05, 0) is 74.4 Å². The summed E-state index contributed by atoms with van der Waals surface area (Å²) in [6.45, 7) is 2.00. The maximum absolute atomic E-state index is 4.73. The van der Waals surface area contributed by atoms with Gasteiger partial charge in [-0.1, -0.05) is 6.08 Å². The molecule has 0 saturated heterocycles. The van der Waals surface area contributed by atoms with Crippen molar-refractivity contribution in [1.82, 2.24) is 9.97 Å². The van der Waals surface area contributed by atoms with Crippen molar-refractivity contribution in [2.45, 2.75) is 19.8 Å². The number of hydrogen-bond donors (Lipinski definition) is 2. The molecule has 4 nitrogen and oxygen atoms in total. The van der Waals surface area contributed by atoms with Crippen LogP contribution in [0.15, 0.2) is 76.1 Å². The molecular formula is C21H20N4. The summed E-state index contributed by atoms with van der Waals surface area (Å²) in [5.41, 5.74) is 5.28. The van der Waals surface area contributed by atoms with E-state index in [1.807, 2.05) is 43.5 Å². The Balaban J connectivity index is 1.55. The van der Waals surface area contributed by atoms with E-state index < -0.39 is 0 Å². The zero-order chi connectivity index (χ0) is 17.1. The van der Waals surface area contributed by atoms with E-state index >= 15 is 0 Å². The highest BCUT2D eigenvalue weighted by Crippen LogP contribution is 2.19. The standard InChI is InChI=1S/C21H20N4/c1-2-15-5-6-18(23-15)13-19-9-10-21(25-19)14-20-8-7-17(24-20)12-16-4-3-11-22-16/h2-8,11-14,22,24H,9-10H2,1H3/b15-2-,17-12-,19-13-,20-14-. The van der Waals surface area contributed by atoms with Crippen molar-refractivity contribution in [2.24, 2.45) is 9.98 Å². The van der Waals surface area contributed by atoms with Crippen molar-refractivity contribution in [3.05, 3.63) is 82.6 Å². The van der Waals surface area contributed by atoms with Gasteiger partial charge >= 0.3 is 0 Å². The summed E-state index contributed by atoms with van der Waals surface area (Å²) in [4.78, 5) is 15.8. The largest absolute Gasteiger partial charge is 0.362 e. The molecule has 4 heterocycles. The van der Waals surface area contributed by atoms with Crippen molar-refractivity contribution >= 4 is 23.6 Å². The topological polar surface area (TPSA) is 56.3 Å². The first-order valence-corrected chi connectivity index (χ1v) is 8.51. The first-order chi connectivity index (χ1) is 12.3. The molecular weight excluding hydrogens is 308 g/mol. The lowest BCUT2D eigenvalue weighted by molar-refractivity contribution is 1.07. The molecule has 124 valence electrons. The summed E-state index contributed by atoms with van der Waals surface area (Å²) >= 11 is 0. The Morgan fingerprint density at radius 3 is 2.60 bits per heavy atom. The van der Waals surface area contributed by atoms with Crippen LogP contribution in [-0.2, 0) is 0 Å². The van der Waals surface area contributed by atoms with Crippen LogP contribution in [-0.4, -0.2) is 21.4 Å². The fourth-order valence-corrected chi connectivity index (χ4v) is 2.95. The van der Waals surface area contributed by atoms with Crippen LogP contribution in [0.25, 0.3) is 12.2 Å². The van der Waals surface area contributed by atoms with Gasteiger partial charge in [0.15, 0.2) is 0 Å². The summed E-state index contributed by atoms with van der Waals surface area (Å²) in [5, 5.41) is 2.15. The third-order valence-electron chi connectivity index (χ3n) is 4.20. The Bertz CT molecular complexity index is 1040. The molecule has 0 spiro atoms. The second kappa shape index (κ2) is 6.77. The van der Waals surface area contributed by atoms with Crippen molar-refractivity contribution in [3.63, 3.8) is 0 Å². The van der Waals surface area contributed by atoms with Gasteiger partial charge in [0, 0.05) is 34.0 Å². The van der Waals surface area contributed by atoms with Crippen LogP contribution < -0.4 is 10.7 Å². The lowest BCUT2D eigenvalue weighted by Crippen LogP contribution is -2.11. The van der Waals surface area contributed by atoms with Gasteiger partial charge in [0.1, 0.15) is 0 Å². The molecule has 0 aromatic carbocycles. The van der Waals surface area contributed by atoms with Crippen LogP contribution in [0.2, 0.25) is 0 Å². The summed E-state index contributed by atoms with van der Waals surface area (Å²) in [5.74, 6) is 0. The first-order valence-electron chi connectivity index (χ1n) is 8.51. The Morgan fingerprint density at radius 1 is 0.960 bits per heavy atom. The number of aliphatic imine (C=N–C) groups is 2. The fraction of sp³-hybridized carbons (Fsp3) is 0.143. The number of nitrogens with zero attached hydrogens (tertiary/aromatic N) is 2.